The molecule has 7 heteroatoms. The topological polar surface area (TPSA) is 36.7 Å². The van der Waals surface area contributed by atoms with Crippen LogP contribution in [0.2, 0.25) is 0 Å². The van der Waals surface area contributed by atoms with E-state index in [9.17, 15) is 22.0 Å². The molecule has 1 aromatic carbocycles. The van der Waals surface area contributed by atoms with Gasteiger partial charge in [-0.2, -0.15) is 5.26 Å². The average Bonchev–Trinajstić information content (AvgIpc) is 2.43. The van der Waals surface area contributed by atoms with E-state index in [0.29, 0.717) is 0 Å². The smallest absolute Gasteiger partial charge is 0.200 e. The monoisotopic (exact) mass is 270 g/mol. The highest BCUT2D eigenvalue weighted by Crippen LogP contribution is 2.30. The van der Waals surface area contributed by atoms with E-state index in [-0.39, 0.29) is 5.69 Å². The Hall–Kier alpha value is -2.49. The number of nitriles is 1. The summed E-state index contributed by atoms with van der Waals surface area (Å²) < 4.78 is 65.9. The van der Waals surface area contributed by atoms with Crippen molar-refractivity contribution >= 4 is 0 Å². The van der Waals surface area contributed by atoms with Crippen molar-refractivity contribution in [2.24, 2.45) is 0 Å². The van der Waals surface area contributed by atoms with E-state index in [0.717, 1.165) is 6.07 Å². The van der Waals surface area contributed by atoms with Crippen LogP contribution in [0.1, 0.15) is 5.69 Å². The lowest BCUT2D eigenvalue weighted by atomic mass is 10.1. The normalized spacial score (nSPS) is 10.3. The molecule has 0 aliphatic rings. The van der Waals surface area contributed by atoms with Gasteiger partial charge in [0.15, 0.2) is 23.3 Å². The van der Waals surface area contributed by atoms with Crippen molar-refractivity contribution < 1.29 is 22.0 Å². The van der Waals surface area contributed by atoms with Crippen molar-refractivity contribution in [3.05, 3.63) is 53.0 Å². The Balaban J connectivity index is 2.79. The second-order valence-electron chi connectivity index (χ2n) is 3.46. The first kappa shape index (κ1) is 13.0. The number of hydrogen-bond donors (Lipinski definition) is 0. The molecular weight excluding hydrogens is 267 g/mol. The molecular formula is C12H3F5N2. The number of nitrogens with zero attached hydrogens (tertiary/aromatic N) is 2. The first-order chi connectivity index (χ1) is 8.97. The van der Waals surface area contributed by atoms with Crippen LogP contribution in [0.3, 0.4) is 0 Å². The third kappa shape index (κ3) is 2.01. The van der Waals surface area contributed by atoms with Crippen LogP contribution in [0.5, 0.6) is 0 Å². The summed E-state index contributed by atoms with van der Waals surface area (Å²) in [7, 11) is 0. The predicted octanol–water partition coefficient (Wildman–Crippen LogP) is 3.32. The predicted molar refractivity (Wildman–Crippen MR) is 54.2 cm³/mol. The third-order valence-corrected chi connectivity index (χ3v) is 2.33. The SMILES string of the molecule is N#Cc1cccc(-c2c(F)c(F)c(F)c(F)c2F)n1. The lowest BCUT2D eigenvalue weighted by molar-refractivity contribution is 0.381. The molecule has 0 saturated heterocycles. The number of pyridine rings is 1. The molecule has 0 amide bonds. The molecule has 0 radical (unpaired) electrons. The molecule has 2 rings (SSSR count). The van der Waals surface area contributed by atoms with E-state index < -0.39 is 40.3 Å². The molecule has 1 heterocycles. The van der Waals surface area contributed by atoms with Crippen molar-refractivity contribution in [1.29, 1.82) is 5.26 Å². The standard InChI is InChI=1S/C12H3F5N2/c13-8-7(6-3-1-2-5(4-18)19-6)9(14)11(16)12(17)10(8)15/h1-3H. The van der Waals surface area contributed by atoms with Crippen molar-refractivity contribution in [2.45, 2.75) is 0 Å². The molecule has 19 heavy (non-hydrogen) atoms. The van der Waals surface area contributed by atoms with Gasteiger partial charge in [-0.25, -0.2) is 26.9 Å². The maximum atomic E-state index is 13.5. The first-order valence-corrected chi connectivity index (χ1v) is 4.86. The van der Waals surface area contributed by atoms with Crippen molar-refractivity contribution in [2.75, 3.05) is 0 Å². The van der Waals surface area contributed by atoms with Gasteiger partial charge in [0.2, 0.25) is 5.82 Å². The van der Waals surface area contributed by atoms with Gasteiger partial charge in [0.05, 0.1) is 11.3 Å². The zero-order valence-corrected chi connectivity index (χ0v) is 9.02. The van der Waals surface area contributed by atoms with Crippen molar-refractivity contribution in [3.63, 3.8) is 0 Å². The fraction of sp³-hybridized carbons (Fsp3) is 0. The van der Waals surface area contributed by atoms with Gasteiger partial charge in [-0.3, -0.25) is 0 Å². The van der Waals surface area contributed by atoms with E-state index in [1.807, 2.05) is 0 Å². The van der Waals surface area contributed by atoms with Crippen LogP contribution in [0.4, 0.5) is 22.0 Å². The van der Waals surface area contributed by atoms with Gasteiger partial charge < -0.3 is 0 Å². The van der Waals surface area contributed by atoms with Crippen LogP contribution < -0.4 is 0 Å². The first-order valence-electron chi connectivity index (χ1n) is 4.86. The van der Waals surface area contributed by atoms with Crippen LogP contribution in [-0.4, -0.2) is 4.98 Å². The van der Waals surface area contributed by atoms with Gasteiger partial charge >= 0.3 is 0 Å². The van der Waals surface area contributed by atoms with E-state index >= 15 is 0 Å². The Bertz CT molecular complexity index is 677. The van der Waals surface area contributed by atoms with E-state index in [4.69, 9.17) is 5.26 Å². The third-order valence-electron chi connectivity index (χ3n) is 2.33. The summed E-state index contributed by atoms with van der Waals surface area (Å²) in [5.74, 6) is -10.3. The van der Waals surface area contributed by atoms with Gasteiger partial charge in [-0.05, 0) is 12.1 Å². The fourth-order valence-electron chi connectivity index (χ4n) is 1.47. The number of benzene rings is 1. The number of hydrogen-bond acceptors (Lipinski definition) is 2. The number of halogens is 5. The van der Waals surface area contributed by atoms with E-state index in [1.165, 1.54) is 12.1 Å². The van der Waals surface area contributed by atoms with Crippen molar-refractivity contribution in [3.8, 4) is 17.3 Å². The van der Waals surface area contributed by atoms with Gasteiger partial charge in [-0.1, -0.05) is 6.07 Å². The maximum absolute atomic E-state index is 13.5. The fourth-order valence-corrected chi connectivity index (χ4v) is 1.47. The Morgan fingerprint density at radius 3 is 1.89 bits per heavy atom. The highest BCUT2D eigenvalue weighted by atomic mass is 19.2. The average molecular weight is 270 g/mol. The summed E-state index contributed by atoms with van der Waals surface area (Å²) in [5.41, 5.74) is -1.87. The molecule has 0 bridgehead atoms. The van der Waals surface area contributed by atoms with Crippen LogP contribution in [-0.2, 0) is 0 Å². The Labute approximate surface area is 103 Å². The van der Waals surface area contributed by atoms with Gasteiger partial charge in [0, 0.05) is 0 Å². The summed E-state index contributed by atoms with van der Waals surface area (Å²) in [4.78, 5) is 3.50. The van der Waals surface area contributed by atoms with Gasteiger partial charge in [-0.15, -0.1) is 0 Å². The van der Waals surface area contributed by atoms with Crippen LogP contribution in [0.15, 0.2) is 18.2 Å². The lowest BCUT2D eigenvalue weighted by Gasteiger charge is -2.07. The second kappa shape index (κ2) is 4.65. The molecule has 0 aliphatic heterocycles. The summed E-state index contributed by atoms with van der Waals surface area (Å²) >= 11 is 0. The summed E-state index contributed by atoms with van der Waals surface area (Å²) in [5, 5.41) is 8.59. The minimum absolute atomic E-state index is 0.207. The molecule has 1 aromatic heterocycles. The lowest BCUT2D eigenvalue weighted by Crippen LogP contribution is -2.05. The molecule has 0 aliphatic carbocycles. The van der Waals surface area contributed by atoms with Crippen molar-refractivity contribution in [1.82, 2.24) is 4.98 Å². The molecule has 2 nitrogen and oxygen atoms in total. The van der Waals surface area contributed by atoms with Gasteiger partial charge in [0.25, 0.3) is 0 Å². The summed E-state index contributed by atoms with van der Waals surface area (Å²) in [6.07, 6.45) is 0. The van der Waals surface area contributed by atoms with Crippen LogP contribution in [0.25, 0.3) is 11.3 Å². The summed E-state index contributed by atoms with van der Waals surface area (Å²) in [6.45, 7) is 0. The van der Waals surface area contributed by atoms with Crippen LogP contribution in [0, 0.1) is 40.4 Å². The number of aromatic nitrogens is 1. The van der Waals surface area contributed by atoms with E-state index in [2.05, 4.69) is 4.98 Å². The molecule has 0 atom stereocenters. The second-order valence-corrected chi connectivity index (χ2v) is 3.46. The zero-order chi connectivity index (χ0) is 14.2. The number of rotatable bonds is 1. The highest BCUT2D eigenvalue weighted by Gasteiger charge is 2.27. The molecule has 96 valence electrons. The quantitative estimate of drug-likeness (QED) is 0.453. The molecule has 0 unspecified atom stereocenters. The Morgan fingerprint density at radius 1 is 0.842 bits per heavy atom. The Kier molecular flexibility index (Phi) is 3.17. The molecule has 0 fully saturated rings. The highest BCUT2D eigenvalue weighted by molar-refractivity contribution is 5.62. The molecule has 2 aromatic rings. The Morgan fingerprint density at radius 2 is 1.37 bits per heavy atom. The van der Waals surface area contributed by atoms with E-state index in [1.54, 1.807) is 6.07 Å². The van der Waals surface area contributed by atoms with Crippen LogP contribution >= 0.6 is 0 Å². The molecule has 0 spiro atoms. The molecule has 0 N–H and O–H groups in total. The molecule has 0 saturated carbocycles. The zero-order valence-electron chi connectivity index (χ0n) is 9.02. The largest absolute Gasteiger partial charge is 0.237 e. The maximum Gasteiger partial charge on any atom is 0.200 e. The minimum Gasteiger partial charge on any atom is -0.237 e. The van der Waals surface area contributed by atoms with Gasteiger partial charge in [0.1, 0.15) is 11.8 Å². The minimum atomic E-state index is -2.24. The summed E-state index contributed by atoms with van der Waals surface area (Å²) in [6, 6.07) is 5.09.